The van der Waals surface area contributed by atoms with Crippen LogP contribution >= 0.6 is 11.3 Å². The second-order valence-corrected chi connectivity index (χ2v) is 10.6. The van der Waals surface area contributed by atoms with Crippen molar-refractivity contribution in [3.63, 3.8) is 0 Å². The third-order valence-electron chi connectivity index (χ3n) is 4.02. The summed E-state index contributed by atoms with van der Waals surface area (Å²) in [6.45, 7) is 8.70. The third-order valence-corrected chi connectivity index (χ3v) is 7.28. The van der Waals surface area contributed by atoms with E-state index in [2.05, 4.69) is 40.5 Å². The number of fused-ring (bicyclic) bond motifs is 1. The molecular weight excluding hydrogens is 340 g/mol. The summed E-state index contributed by atoms with van der Waals surface area (Å²) in [5.41, 5.74) is 2.47. The fourth-order valence-electron chi connectivity index (χ4n) is 2.45. The maximum Gasteiger partial charge on any atom is 0.216 e. The summed E-state index contributed by atoms with van der Waals surface area (Å²) >= 11 is 1.78. The molecule has 0 bridgehead atoms. The van der Waals surface area contributed by atoms with E-state index in [-0.39, 0.29) is 0 Å². The van der Waals surface area contributed by atoms with Crippen LogP contribution in [0.4, 0.5) is 5.69 Å². The first-order valence-electron chi connectivity index (χ1n) is 8.42. The van der Waals surface area contributed by atoms with Crippen molar-refractivity contribution in [1.82, 2.24) is 4.72 Å². The van der Waals surface area contributed by atoms with E-state index in [4.69, 9.17) is 0 Å². The van der Waals surface area contributed by atoms with Gasteiger partial charge in [0.05, 0.1) is 4.75 Å². The van der Waals surface area contributed by atoms with Crippen molar-refractivity contribution in [3.8, 4) is 0 Å². The zero-order valence-corrected chi connectivity index (χ0v) is 16.6. The van der Waals surface area contributed by atoms with Crippen molar-refractivity contribution < 1.29 is 8.42 Å². The molecule has 134 valence electrons. The highest BCUT2D eigenvalue weighted by molar-refractivity contribution is 7.90. The third kappa shape index (κ3) is 4.94. The molecule has 0 aliphatic carbocycles. The lowest BCUT2D eigenvalue weighted by atomic mass is 10.1. The Morgan fingerprint density at radius 3 is 2.50 bits per heavy atom. The molecule has 6 heteroatoms. The number of unbranched alkanes of at least 4 members (excludes halogenated alkanes) is 2. The highest BCUT2D eigenvalue weighted by atomic mass is 32.2. The van der Waals surface area contributed by atoms with Gasteiger partial charge >= 0.3 is 0 Å². The quantitative estimate of drug-likeness (QED) is 0.674. The smallest absolute Gasteiger partial charge is 0.216 e. The Morgan fingerprint density at radius 1 is 1.08 bits per heavy atom. The predicted octanol–water partition coefficient (Wildman–Crippen LogP) is 4.51. The minimum absolute atomic E-state index is 0.513. The van der Waals surface area contributed by atoms with Crippen LogP contribution in [-0.4, -0.2) is 26.3 Å². The number of hydrogen-bond acceptors (Lipinski definition) is 4. The minimum atomic E-state index is -3.22. The molecule has 24 heavy (non-hydrogen) atoms. The second kappa shape index (κ2) is 7.85. The first-order valence-corrected chi connectivity index (χ1v) is 10.8. The van der Waals surface area contributed by atoms with Crippen LogP contribution in [0.1, 0.15) is 45.6 Å². The summed E-state index contributed by atoms with van der Waals surface area (Å²) in [5.74, 6) is 0. The van der Waals surface area contributed by atoms with Crippen molar-refractivity contribution in [2.75, 3.05) is 18.4 Å². The molecule has 0 radical (unpaired) electrons. The lowest BCUT2D eigenvalue weighted by Gasteiger charge is -2.19. The van der Waals surface area contributed by atoms with E-state index in [9.17, 15) is 8.42 Å². The topological polar surface area (TPSA) is 58.2 Å². The zero-order chi connectivity index (χ0) is 17.8. The highest BCUT2D eigenvalue weighted by Gasteiger charge is 2.27. The Bertz CT molecular complexity index is 774. The van der Waals surface area contributed by atoms with Crippen molar-refractivity contribution in [3.05, 3.63) is 29.1 Å². The zero-order valence-electron chi connectivity index (χ0n) is 15.0. The molecule has 1 aromatic heterocycles. The van der Waals surface area contributed by atoms with Crippen LogP contribution in [0.2, 0.25) is 0 Å². The van der Waals surface area contributed by atoms with E-state index in [1.807, 2.05) is 0 Å². The molecule has 0 amide bonds. The molecule has 1 heterocycles. The van der Waals surface area contributed by atoms with Crippen LogP contribution in [0.15, 0.2) is 23.6 Å². The van der Waals surface area contributed by atoms with Gasteiger partial charge in [-0.05, 0) is 75.1 Å². The van der Waals surface area contributed by atoms with Gasteiger partial charge in [0.2, 0.25) is 10.0 Å². The van der Waals surface area contributed by atoms with Crippen LogP contribution in [-0.2, 0) is 10.0 Å². The van der Waals surface area contributed by atoms with Crippen LogP contribution in [0.25, 0.3) is 10.1 Å². The van der Waals surface area contributed by atoms with Gasteiger partial charge in [-0.2, -0.15) is 0 Å². The van der Waals surface area contributed by atoms with Crippen LogP contribution < -0.4 is 10.0 Å². The number of aryl methyl sites for hydroxylation is 1. The maximum absolute atomic E-state index is 11.9. The van der Waals surface area contributed by atoms with Gasteiger partial charge in [0.15, 0.2) is 0 Å². The summed E-state index contributed by atoms with van der Waals surface area (Å²) in [6, 6.07) is 6.53. The van der Waals surface area contributed by atoms with E-state index in [1.54, 1.807) is 32.1 Å². The Balaban J connectivity index is 1.68. The van der Waals surface area contributed by atoms with Crippen LogP contribution in [0, 0.1) is 6.92 Å². The first-order chi connectivity index (χ1) is 11.2. The van der Waals surface area contributed by atoms with Gasteiger partial charge < -0.3 is 5.32 Å². The largest absolute Gasteiger partial charge is 0.385 e. The molecule has 4 nitrogen and oxygen atoms in total. The Morgan fingerprint density at radius 2 is 1.79 bits per heavy atom. The lowest BCUT2D eigenvalue weighted by molar-refractivity contribution is 0.540. The van der Waals surface area contributed by atoms with Crippen molar-refractivity contribution in [2.24, 2.45) is 0 Å². The normalized spacial score (nSPS) is 12.7. The van der Waals surface area contributed by atoms with Crippen LogP contribution in [0.5, 0.6) is 0 Å². The average molecular weight is 369 g/mol. The fourth-order valence-corrected chi connectivity index (χ4v) is 4.15. The molecule has 0 fully saturated rings. The van der Waals surface area contributed by atoms with E-state index in [1.165, 1.54) is 15.6 Å². The van der Waals surface area contributed by atoms with Gasteiger partial charge in [0.25, 0.3) is 0 Å². The van der Waals surface area contributed by atoms with Gasteiger partial charge in [0, 0.05) is 23.5 Å². The first kappa shape index (κ1) is 19.2. The molecular formula is C18H28N2O2S2. The number of benzene rings is 1. The molecule has 2 N–H and O–H groups in total. The molecule has 2 rings (SSSR count). The monoisotopic (exact) mass is 368 g/mol. The molecule has 0 aliphatic heterocycles. The second-order valence-electron chi connectivity index (χ2n) is 7.13. The summed E-state index contributed by atoms with van der Waals surface area (Å²) in [5, 5.41) is 6.88. The molecule has 2 aromatic rings. The summed E-state index contributed by atoms with van der Waals surface area (Å²) in [6.07, 6.45) is 2.89. The van der Waals surface area contributed by atoms with Crippen molar-refractivity contribution in [2.45, 2.75) is 51.7 Å². The molecule has 1 aromatic carbocycles. The van der Waals surface area contributed by atoms with E-state index >= 15 is 0 Å². The predicted molar refractivity (Wildman–Crippen MR) is 106 cm³/mol. The summed E-state index contributed by atoms with van der Waals surface area (Å²) in [7, 11) is -3.22. The molecule has 0 unspecified atom stereocenters. The molecule has 0 aliphatic rings. The van der Waals surface area contributed by atoms with E-state index in [0.29, 0.717) is 6.54 Å². The summed E-state index contributed by atoms with van der Waals surface area (Å²) < 4.78 is 27.1. The van der Waals surface area contributed by atoms with Crippen molar-refractivity contribution in [1.29, 1.82) is 0 Å². The Kier molecular flexibility index (Phi) is 6.28. The SMILES string of the molecule is Cc1cc(NCCCCCNS(=O)(=O)C(C)(C)C)cc2ccsc12. The number of anilines is 1. The average Bonchev–Trinajstić information content (AvgIpc) is 2.94. The van der Waals surface area contributed by atoms with Crippen molar-refractivity contribution >= 4 is 37.1 Å². The van der Waals surface area contributed by atoms with Gasteiger partial charge in [-0.25, -0.2) is 13.1 Å². The van der Waals surface area contributed by atoms with E-state index in [0.717, 1.165) is 31.5 Å². The van der Waals surface area contributed by atoms with Gasteiger partial charge in [-0.1, -0.05) is 6.42 Å². The van der Waals surface area contributed by atoms with Gasteiger partial charge in [-0.3, -0.25) is 0 Å². The van der Waals surface area contributed by atoms with E-state index < -0.39 is 14.8 Å². The van der Waals surface area contributed by atoms with Gasteiger partial charge in [-0.15, -0.1) is 11.3 Å². The maximum atomic E-state index is 11.9. The molecule has 0 saturated heterocycles. The highest BCUT2D eigenvalue weighted by Crippen LogP contribution is 2.28. The minimum Gasteiger partial charge on any atom is -0.385 e. The van der Waals surface area contributed by atoms with Crippen LogP contribution in [0.3, 0.4) is 0 Å². The molecule has 0 atom stereocenters. The Hall–Kier alpha value is -1.11. The fraction of sp³-hybridized carbons (Fsp3) is 0.556. The number of sulfonamides is 1. The number of rotatable bonds is 8. The Labute approximate surface area is 149 Å². The molecule has 0 saturated carbocycles. The molecule has 0 spiro atoms. The van der Waals surface area contributed by atoms with Gasteiger partial charge in [0.1, 0.15) is 0 Å². The standard InChI is InChI=1S/C18H28N2O2S2/c1-14-12-16(13-15-8-11-23-17(14)15)19-9-6-5-7-10-20-24(21,22)18(2,3)4/h8,11-13,19-20H,5-7,9-10H2,1-4H3. The number of hydrogen-bond donors (Lipinski definition) is 2. The summed E-state index contributed by atoms with van der Waals surface area (Å²) in [4.78, 5) is 0. The lowest BCUT2D eigenvalue weighted by Crippen LogP contribution is -2.39. The number of thiophene rings is 1. The number of nitrogens with one attached hydrogen (secondary N) is 2.